The molecule has 1 aromatic rings. The van der Waals surface area contributed by atoms with E-state index in [2.05, 4.69) is 0 Å². The van der Waals surface area contributed by atoms with E-state index in [1.54, 1.807) is 6.08 Å². The van der Waals surface area contributed by atoms with Gasteiger partial charge < -0.3 is 4.74 Å². The molecule has 19 heavy (non-hydrogen) atoms. The van der Waals surface area contributed by atoms with Gasteiger partial charge in [0.05, 0.1) is 6.04 Å². The molecule has 2 amide bonds. The Hall–Kier alpha value is -2.10. The lowest BCUT2D eigenvalue weighted by molar-refractivity contribution is -0.124. The zero-order valence-corrected chi connectivity index (χ0v) is 11.1. The average Bonchev–Trinajstić information content (AvgIpc) is 2.72. The lowest BCUT2D eigenvalue weighted by Gasteiger charge is -2.17. The summed E-state index contributed by atoms with van der Waals surface area (Å²) in [6, 6.07) is 9.16. The van der Waals surface area contributed by atoms with E-state index >= 15 is 0 Å². The van der Waals surface area contributed by atoms with E-state index in [4.69, 9.17) is 4.74 Å². The van der Waals surface area contributed by atoms with Gasteiger partial charge in [0.2, 0.25) is 0 Å². The van der Waals surface area contributed by atoms with E-state index in [1.165, 1.54) is 11.0 Å². The molecule has 0 unspecified atom stereocenters. The number of imide groups is 1. The molecule has 1 saturated heterocycles. The highest BCUT2D eigenvalue weighted by Gasteiger charge is 2.42. The second-order valence-electron chi connectivity index (χ2n) is 4.47. The molecule has 0 aliphatic carbocycles. The van der Waals surface area contributed by atoms with Crippen LogP contribution < -0.4 is 0 Å². The summed E-state index contributed by atoms with van der Waals surface area (Å²) in [5.41, 5.74) is 0.901. The molecule has 0 N–H and O–H groups in total. The van der Waals surface area contributed by atoms with E-state index < -0.39 is 12.2 Å². The molecule has 1 aliphatic heterocycles. The van der Waals surface area contributed by atoms with Crippen LogP contribution in [0.4, 0.5) is 4.79 Å². The first-order chi connectivity index (χ1) is 9.15. The monoisotopic (exact) mass is 259 g/mol. The molecular weight excluding hydrogens is 242 g/mol. The normalized spacial score (nSPS) is 22.8. The third kappa shape index (κ3) is 2.67. The predicted molar refractivity (Wildman–Crippen MR) is 71.4 cm³/mol. The van der Waals surface area contributed by atoms with Crippen molar-refractivity contribution in [3.63, 3.8) is 0 Å². The number of hydrogen-bond acceptors (Lipinski definition) is 3. The molecule has 1 aliphatic rings. The van der Waals surface area contributed by atoms with Crippen molar-refractivity contribution >= 4 is 12.0 Å². The summed E-state index contributed by atoms with van der Waals surface area (Å²) < 4.78 is 5.31. The fraction of sp³-hybridized carbons (Fsp3) is 0.333. The van der Waals surface area contributed by atoms with Crippen LogP contribution in [0.25, 0.3) is 0 Å². The number of benzene rings is 1. The minimum absolute atomic E-state index is 0.302. The number of cyclic esters (lactones) is 1. The van der Waals surface area contributed by atoms with Crippen LogP contribution in [0.1, 0.15) is 31.9 Å². The molecule has 0 bridgehead atoms. The molecule has 4 heteroatoms. The first-order valence-corrected chi connectivity index (χ1v) is 6.40. The Morgan fingerprint density at radius 1 is 1.37 bits per heavy atom. The number of ether oxygens (including phenoxy) is 1. The Labute approximate surface area is 112 Å². The van der Waals surface area contributed by atoms with E-state index in [0.29, 0.717) is 0 Å². The SMILES string of the molecule is CC/C=C/C(=O)N1C(=O)O[C@@H](c2ccccc2)[C@@H]1C. The number of carbonyl (C=O) groups is 2. The van der Waals surface area contributed by atoms with Gasteiger partial charge in [0.1, 0.15) is 6.10 Å². The molecule has 0 radical (unpaired) electrons. The smallest absolute Gasteiger partial charge is 0.417 e. The molecule has 2 rings (SSSR count). The van der Waals surface area contributed by atoms with Gasteiger partial charge in [-0.1, -0.05) is 43.3 Å². The molecule has 0 saturated carbocycles. The molecule has 100 valence electrons. The number of rotatable bonds is 3. The fourth-order valence-electron chi connectivity index (χ4n) is 2.14. The summed E-state index contributed by atoms with van der Waals surface area (Å²) in [7, 11) is 0. The Bertz CT molecular complexity index is 495. The van der Waals surface area contributed by atoms with Crippen molar-refractivity contribution in [1.29, 1.82) is 0 Å². The number of amides is 2. The molecule has 1 aromatic carbocycles. The van der Waals surface area contributed by atoms with Crippen LogP contribution in [-0.2, 0) is 9.53 Å². The van der Waals surface area contributed by atoms with Crippen molar-refractivity contribution in [2.45, 2.75) is 32.4 Å². The van der Waals surface area contributed by atoms with Crippen molar-refractivity contribution in [1.82, 2.24) is 4.90 Å². The molecule has 2 atom stereocenters. The van der Waals surface area contributed by atoms with E-state index in [-0.39, 0.29) is 11.9 Å². The quantitative estimate of drug-likeness (QED) is 0.784. The van der Waals surface area contributed by atoms with Gasteiger partial charge in [-0.2, -0.15) is 0 Å². The van der Waals surface area contributed by atoms with Gasteiger partial charge in [0.25, 0.3) is 5.91 Å². The molecular formula is C15H17NO3. The van der Waals surface area contributed by atoms with Crippen LogP contribution in [0, 0.1) is 0 Å². The number of allylic oxidation sites excluding steroid dienone is 1. The standard InChI is InChI=1S/C15H17NO3/c1-3-4-10-13(17)16-11(2)14(19-15(16)18)12-8-6-5-7-9-12/h4-11,14H,3H2,1-2H3/b10-4+/t11-,14+/m0/s1. The Kier molecular flexibility index (Phi) is 4.00. The summed E-state index contributed by atoms with van der Waals surface area (Å²) in [4.78, 5) is 24.9. The van der Waals surface area contributed by atoms with E-state index in [1.807, 2.05) is 44.2 Å². The van der Waals surface area contributed by atoms with Crippen molar-refractivity contribution in [2.24, 2.45) is 0 Å². The van der Waals surface area contributed by atoms with Gasteiger partial charge in [-0.15, -0.1) is 0 Å². The van der Waals surface area contributed by atoms with Crippen LogP contribution in [-0.4, -0.2) is 22.9 Å². The van der Waals surface area contributed by atoms with Gasteiger partial charge in [-0.25, -0.2) is 9.69 Å². The maximum Gasteiger partial charge on any atom is 0.417 e. The van der Waals surface area contributed by atoms with Crippen molar-refractivity contribution in [2.75, 3.05) is 0 Å². The zero-order valence-electron chi connectivity index (χ0n) is 11.1. The van der Waals surface area contributed by atoms with E-state index in [0.717, 1.165) is 12.0 Å². The zero-order chi connectivity index (χ0) is 13.8. The highest BCUT2D eigenvalue weighted by atomic mass is 16.6. The summed E-state index contributed by atoms with van der Waals surface area (Å²) in [5.74, 6) is -0.321. The van der Waals surface area contributed by atoms with Crippen LogP contribution in [0.2, 0.25) is 0 Å². The number of nitrogens with zero attached hydrogens (tertiary/aromatic N) is 1. The lowest BCUT2D eigenvalue weighted by Crippen LogP contribution is -2.36. The average molecular weight is 259 g/mol. The second kappa shape index (κ2) is 5.69. The molecule has 1 fully saturated rings. The first-order valence-electron chi connectivity index (χ1n) is 6.40. The van der Waals surface area contributed by atoms with Gasteiger partial charge in [-0.05, 0) is 25.0 Å². The minimum atomic E-state index is -0.577. The topological polar surface area (TPSA) is 46.6 Å². The maximum atomic E-state index is 11.9. The largest absolute Gasteiger partial charge is 0.439 e. The van der Waals surface area contributed by atoms with Gasteiger partial charge >= 0.3 is 6.09 Å². The minimum Gasteiger partial charge on any atom is -0.439 e. The molecule has 4 nitrogen and oxygen atoms in total. The van der Waals surface area contributed by atoms with Crippen molar-refractivity contribution < 1.29 is 14.3 Å². The lowest BCUT2D eigenvalue weighted by atomic mass is 10.0. The Balaban J connectivity index is 2.19. The van der Waals surface area contributed by atoms with Crippen LogP contribution in [0.3, 0.4) is 0 Å². The van der Waals surface area contributed by atoms with Crippen molar-refractivity contribution in [3.8, 4) is 0 Å². The summed E-state index contributed by atoms with van der Waals surface area (Å²) in [6.45, 7) is 3.75. The Morgan fingerprint density at radius 2 is 2.05 bits per heavy atom. The maximum absolute atomic E-state index is 11.9. The fourth-order valence-corrected chi connectivity index (χ4v) is 2.14. The first kappa shape index (κ1) is 13.3. The Morgan fingerprint density at radius 3 is 2.68 bits per heavy atom. The highest BCUT2D eigenvalue weighted by molar-refractivity contribution is 6.00. The van der Waals surface area contributed by atoms with Gasteiger partial charge in [0, 0.05) is 0 Å². The summed E-state index contributed by atoms with van der Waals surface area (Å²) >= 11 is 0. The molecule has 0 aromatic heterocycles. The number of carbonyl (C=O) groups excluding carboxylic acids is 2. The van der Waals surface area contributed by atoms with E-state index in [9.17, 15) is 9.59 Å². The molecule has 1 heterocycles. The third-order valence-corrected chi connectivity index (χ3v) is 3.13. The third-order valence-electron chi connectivity index (χ3n) is 3.13. The predicted octanol–water partition coefficient (Wildman–Crippen LogP) is 3.06. The summed E-state index contributed by atoms with van der Waals surface area (Å²) in [5, 5.41) is 0. The van der Waals surface area contributed by atoms with Crippen LogP contribution in [0.5, 0.6) is 0 Å². The molecule has 0 spiro atoms. The van der Waals surface area contributed by atoms with Crippen LogP contribution in [0.15, 0.2) is 42.5 Å². The van der Waals surface area contributed by atoms with Crippen LogP contribution >= 0.6 is 0 Å². The second-order valence-corrected chi connectivity index (χ2v) is 4.47. The van der Waals surface area contributed by atoms with Crippen molar-refractivity contribution in [3.05, 3.63) is 48.0 Å². The van der Waals surface area contributed by atoms with Gasteiger partial charge in [0.15, 0.2) is 0 Å². The summed E-state index contributed by atoms with van der Waals surface area (Å²) in [6.07, 6.45) is 2.94. The number of hydrogen-bond donors (Lipinski definition) is 0. The van der Waals surface area contributed by atoms with Gasteiger partial charge in [-0.3, -0.25) is 4.79 Å². The highest BCUT2D eigenvalue weighted by Crippen LogP contribution is 2.32.